The van der Waals surface area contributed by atoms with E-state index < -0.39 is 11.6 Å². The van der Waals surface area contributed by atoms with Crippen molar-refractivity contribution in [2.24, 2.45) is 0 Å². The number of anilines is 1. The molecule has 6 heteroatoms. The van der Waals surface area contributed by atoms with Crippen molar-refractivity contribution < 1.29 is 13.3 Å². The lowest BCUT2D eigenvalue weighted by Crippen LogP contribution is -1.91. The van der Waals surface area contributed by atoms with Gasteiger partial charge in [-0.2, -0.15) is 0 Å². The monoisotopic (exact) mass is 306 g/mol. The molecular formula is C15H9ClF2N2O. The summed E-state index contributed by atoms with van der Waals surface area (Å²) in [4.78, 5) is 0. The van der Waals surface area contributed by atoms with Gasteiger partial charge in [-0.05, 0) is 24.3 Å². The number of aromatic nitrogens is 1. The number of nitrogens with zero attached hydrogens (tertiary/aromatic N) is 1. The van der Waals surface area contributed by atoms with E-state index in [9.17, 15) is 8.78 Å². The van der Waals surface area contributed by atoms with E-state index in [-0.39, 0.29) is 17.1 Å². The molecule has 0 unspecified atom stereocenters. The lowest BCUT2D eigenvalue weighted by molar-refractivity contribution is 0.439. The number of hydrogen-bond donors (Lipinski definition) is 1. The van der Waals surface area contributed by atoms with Crippen molar-refractivity contribution in [3.05, 3.63) is 59.1 Å². The first-order valence-corrected chi connectivity index (χ1v) is 6.41. The van der Waals surface area contributed by atoms with Gasteiger partial charge in [0.15, 0.2) is 0 Å². The van der Waals surface area contributed by atoms with Gasteiger partial charge in [0.2, 0.25) is 5.88 Å². The van der Waals surface area contributed by atoms with Gasteiger partial charge in [0.05, 0.1) is 5.56 Å². The van der Waals surface area contributed by atoms with Crippen molar-refractivity contribution in [2.45, 2.75) is 0 Å². The van der Waals surface area contributed by atoms with Crippen LogP contribution < -0.4 is 5.73 Å². The topological polar surface area (TPSA) is 52.0 Å². The van der Waals surface area contributed by atoms with Crippen LogP contribution in [0.25, 0.3) is 22.4 Å². The Bertz CT molecular complexity index is 817. The molecule has 0 atom stereocenters. The molecular weight excluding hydrogens is 298 g/mol. The van der Waals surface area contributed by atoms with Gasteiger partial charge in [0.1, 0.15) is 17.3 Å². The number of benzene rings is 2. The second kappa shape index (κ2) is 5.18. The zero-order valence-electron chi connectivity index (χ0n) is 10.6. The van der Waals surface area contributed by atoms with Crippen molar-refractivity contribution >= 4 is 17.5 Å². The van der Waals surface area contributed by atoms with Crippen LogP contribution in [0.5, 0.6) is 0 Å². The minimum absolute atomic E-state index is 0.0123. The van der Waals surface area contributed by atoms with Crippen LogP contribution in [0, 0.1) is 11.6 Å². The first-order valence-electron chi connectivity index (χ1n) is 6.03. The smallest absolute Gasteiger partial charge is 0.230 e. The fraction of sp³-hybridized carbons (Fsp3) is 0. The number of rotatable bonds is 2. The molecule has 0 spiro atoms. The van der Waals surface area contributed by atoms with Gasteiger partial charge in [-0.3, -0.25) is 0 Å². The highest BCUT2D eigenvalue weighted by atomic mass is 35.5. The van der Waals surface area contributed by atoms with Gasteiger partial charge in [0, 0.05) is 16.1 Å². The quantitative estimate of drug-likeness (QED) is 0.757. The Kier molecular flexibility index (Phi) is 3.35. The molecule has 3 rings (SSSR count). The molecule has 3 aromatic rings. The van der Waals surface area contributed by atoms with Gasteiger partial charge in [-0.25, -0.2) is 8.78 Å². The summed E-state index contributed by atoms with van der Waals surface area (Å²) in [6, 6.07) is 9.94. The second-order valence-electron chi connectivity index (χ2n) is 4.37. The molecule has 0 saturated carbocycles. The highest BCUT2D eigenvalue weighted by Crippen LogP contribution is 2.40. The Balaban J connectivity index is 2.27. The Morgan fingerprint density at radius 3 is 2.57 bits per heavy atom. The third-order valence-electron chi connectivity index (χ3n) is 3.05. The number of nitrogen functional groups attached to an aromatic ring is 1. The van der Waals surface area contributed by atoms with Crippen molar-refractivity contribution in [1.82, 2.24) is 5.16 Å². The third kappa shape index (κ3) is 2.36. The zero-order chi connectivity index (χ0) is 15.0. The Labute approximate surface area is 123 Å². The fourth-order valence-corrected chi connectivity index (χ4v) is 2.32. The van der Waals surface area contributed by atoms with Crippen LogP contribution in [0.15, 0.2) is 47.0 Å². The first-order chi connectivity index (χ1) is 10.1. The summed E-state index contributed by atoms with van der Waals surface area (Å²) in [5, 5.41) is 4.15. The van der Waals surface area contributed by atoms with Crippen LogP contribution >= 0.6 is 11.6 Å². The molecule has 21 heavy (non-hydrogen) atoms. The molecule has 0 bridgehead atoms. The van der Waals surface area contributed by atoms with Crippen LogP contribution in [-0.4, -0.2) is 5.16 Å². The van der Waals surface area contributed by atoms with E-state index in [1.54, 1.807) is 24.3 Å². The van der Waals surface area contributed by atoms with Crippen LogP contribution in [0.1, 0.15) is 0 Å². The molecule has 0 aliphatic rings. The summed E-state index contributed by atoms with van der Waals surface area (Å²) in [5.41, 5.74) is 6.71. The maximum absolute atomic E-state index is 13.9. The summed E-state index contributed by atoms with van der Waals surface area (Å²) in [7, 11) is 0. The van der Waals surface area contributed by atoms with E-state index in [0.29, 0.717) is 16.1 Å². The molecule has 106 valence electrons. The molecule has 0 saturated heterocycles. The highest BCUT2D eigenvalue weighted by Gasteiger charge is 2.22. The number of halogens is 3. The van der Waals surface area contributed by atoms with Crippen molar-refractivity contribution in [3.8, 4) is 22.4 Å². The van der Waals surface area contributed by atoms with Crippen molar-refractivity contribution in [2.75, 3.05) is 5.73 Å². The molecule has 0 amide bonds. The van der Waals surface area contributed by atoms with Gasteiger partial charge < -0.3 is 10.3 Å². The summed E-state index contributed by atoms with van der Waals surface area (Å²) in [6.07, 6.45) is 0. The molecule has 0 fully saturated rings. The summed E-state index contributed by atoms with van der Waals surface area (Å²) >= 11 is 6.13. The Morgan fingerprint density at radius 1 is 1.05 bits per heavy atom. The van der Waals surface area contributed by atoms with E-state index in [1.165, 1.54) is 0 Å². The van der Waals surface area contributed by atoms with E-state index in [2.05, 4.69) is 5.16 Å². The van der Waals surface area contributed by atoms with Crippen LogP contribution in [0.4, 0.5) is 14.7 Å². The molecule has 0 radical (unpaired) electrons. The van der Waals surface area contributed by atoms with Crippen molar-refractivity contribution in [3.63, 3.8) is 0 Å². The van der Waals surface area contributed by atoms with E-state index in [0.717, 1.165) is 18.2 Å². The molecule has 1 heterocycles. The molecule has 1 aromatic heterocycles. The number of nitrogens with two attached hydrogens (primary N) is 1. The maximum Gasteiger partial charge on any atom is 0.230 e. The summed E-state index contributed by atoms with van der Waals surface area (Å²) < 4.78 is 32.2. The minimum Gasteiger partial charge on any atom is -0.367 e. The third-order valence-corrected chi connectivity index (χ3v) is 3.37. The molecule has 3 nitrogen and oxygen atoms in total. The highest BCUT2D eigenvalue weighted by molar-refractivity contribution is 6.33. The van der Waals surface area contributed by atoms with Gasteiger partial charge >= 0.3 is 0 Å². The normalized spacial score (nSPS) is 10.8. The lowest BCUT2D eigenvalue weighted by Gasteiger charge is -2.06. The molecule has 2 aromatic carbocycles. The summed E-state index contributed by atoms with van der Waals surface area (Å²) in [6.45, 7) is 0. The van der Waals surface area contributed by atoms with Gasteiger partial charge in [0.25, 0.3) is 0 Å². The average Bonchev–Trinajstić information content (AvgIpc) is 2.84. The largest absolute Gasteiger partial charge is 0.367 e. The minimum atomic E-state index is -0.627. The lowest BCUT2D eigenvalue weighted by atomic mass is 10.0. The zero-order valence-corrected chi connectivity index (χ0v) is 11.4. The standard InChI is InChI=1S/C15H9ClF2N2O/c16-11-4-2-1-3-9(11)13-14(20-21-15(13)19)10-7-8(17)5-6-12(10)18/h1-7H,19H2. The van der Waals surface area contributed by atoms with Crippen LogP contribution in [0.3, 0.4) is 0 Å². The van der Waals surface area contributed by atoms with Crippen molar-refractivity contribution in [1.29, 1.82) is 0 Å². The SMILES string of the molecule is Nc1onc(-c2cc(F)ccc2F)c1-c1ccccc1Cl. The molecule has 0 aliphatic heterocycles. The Hall–Kier alpha value is -2.40. The number of hydrogen-bond acceptors (Lipinski definition) is 3. The first kappa shape index (κ1) is 13.6. The van der Waals surface area contributed by atoms with Gasteiger partial charge in [-0.15, -0.1) is 0 Å². The fourth-order valence-electron chi connectivity index (χ4n) is 2.09. The average molecular weight is 307 g/mol. The predicted molar refractivity (Wildman–Crippen MR) is 76.7 cm³/mol. The Morgan fingerprint density at radius 2 is 1.81 bits per heavy atom. The van der Waals surface area contributed by atoms with Crippen LogP contribution in [-0.2, 0) is 0 Å². The van der Waals surface area contributed by atoms with Crippen LogP contribution in [0.2, 0.25) is 5.02 Å². The second-order valence-corrected chi connectivity index (χ2v) is 4.78. The maximum atomic E-state index is 13.9. The summed E-state index contributed by atoms with van der Waals surface area (Å²) in [5.74, 6) is -1.22. The van der Waals surface area contributed by atoms with E-state index in [1.807, 2.05) is 0 Å². The van der Waals surface area contributed by atoms with E-state index in [4.69, 9.17) is 21.9 Å². The molecule has 2 N–H and O–H groups in total. The molecule has 0 aliphatic carbocycles. The predicted octanol–water partition coefficient (Wildman–Crippen LogP) is 4.52. The van der Waals surface area contributed by atoms with Gasteiger partial charge in [-0.1, -0.05) is 35.0 Å². The van der Waals surface area contributed by atoms with E-state index >= 15 is 0 Å².